The zero-order valence-electron chi connectivity index (χ0n) is 6.66. The van der Waals surface area contributed by atoms with Gasteiger partial charge < -0.3 is 0 Å². The summed E-state index contributed by atoms with van der Waals surface area (Å²) in [5.41, 5.74) is 0. The van der Waals surface area contributed by atoms with Crippen molar-refractivity contribution in [3.05, 3.63) is 0 Å². The first-order chi connectivity index (χ1) is 5.08. The van der Waals surface area contributed by atoms with Crippen molar-refractivity contribution in [3.63, 3.8) is 0 Å². The van der Waals surface area contributed by atoms with Gasteiger partial charge in [-0.25, -0.2) is 13.1 Å². The monoisotopic (exact) mass is 176 g/mol. The third-order valence-corrected chi connectivity index (χ3v) is 3.01. The van der Waals surface area contributed by atoms with Crippen molar-refractivity contribution in [2.24, 2.45) is 0 Å². The lowest BCUT2D eigenvalue weighted by molar-refractivity contribution is 0.576. The summed E-state index contributed by atoms with van der Waals surface area (Å²) in [5.74, 6) is 0. The second-order valence-electron chi connectivity index (χ2n) is 2.16. The summed E-state index contributed by atoms with van der Waals surface area (Å²) in [6, 6.07) is 1.74. The molecule has 0 aromatic carbocycles. The smallest absolute Gasteiger partial charge is 0.217 e. The van der Waals surface area contributed by atoms with Crippen molar-refractivity contribution in [2.75, 3.05) is 7.05 Å². The van der Waals surface area contributed by atoms with Gasteiger partial charge in [0.25, 0.3) is 0 Å². The summed E-state index contributed by atoms with van der Waals surface area (Å²) in [6.45, 7) is 1.84. The molecule has 1 unspecified atom stereocenters. The molecular weight excluding hydrogens is 164 g/mol. The highest BCUT2D eigenvalue weighted by Gasteiger charge is 2.21. The number of nitrogens with one attached hydrogen (secondary N) is 1. The minimum atomic E-state index is -3.38. The third-order valence-electron chi connectivity index (χ3n) is 1.35. The van der Waals surface area contributed by atoms with Gasteiger partial charge in [-0.3, -0.25) is 0 Å². The van der Waals surface area contributed by atoms with E-state index in [9.17, 15) is 8.42 Å². The van der Waals surface area contributed by atoms with Crippen LogP contribution in [0.1, 0.15) is 19.8 Å². The van der Waals surface area contributed by atoms with E-state index in [2.05, 4.69) is 4.72 Å². The molecule has 1 N–H and O–H groups in total. The Morgan fingerprint density at radius 1 is 1.64 bits per heavy atom. The standard InChI is InChI=1S/C6H12N2O2S/c1-3-4-6(5-7)11(9,10)8-2/h6,8H,3-4H2,1-2H3. The molecule has 1 atom stereocenters. The molecule has 0 spiro atoms. The van der Waals surface area contributed by atoms with Crippen LogP contribution in [0.2, 0.25) is 0 Å². The van der Waals surface area contributed by atoms with Gasteiger partial charge in [-0.05, 0) is 13.5 Å². The lowest BCUT2D eigenvalue weighted by Crippen LogP contribution is -2.30. The fourth-order valence-electron chi connectivity index (χ4n) is 0.694. The number of rotatable bonds is 4. The lowest BCUT2D eigenvalue weighted by atomic mass is 10.3. The van der Waals surface area contributed by atoms with E-state index in [1.165, 1.54) is 7.05 Å². The topological polar surface area (TPSA) is 70.0 Å². The Labute approximate surface area is 67.3 Å². The molecule has 0 aliphatic carbocycles. The van der Waals surface area contributed by atoms with Gasteiger partial charge in [-0.15, -0.1) is 0 Å². The molecule has 5 heteroatoms. The van der Waals surface area contributed by atoms with Gasteiger partial charge in [0.2, 0.25) is 10.0 Å². The lowest BCUT2D eigenvalue weighted by Gasteiger charge is -2.06. The van der Waals surface area contributed by atoms with Crippen LogP contribution in [-0.4, -0.2) is 20.7 Å². The van der Waals surface area contributed by atoms with E-state index in [1.54, 1.807) is 6.07 Å². The zero-order valence-corrected chi connectivity index (χ0v) is 7.48. The molecule has 0 heterocycles. The molecule has 4 nitrogen and oxygen atoms in total. The van der Waals surface area contributed by atoms with Gasteiger partial charge in [0, 0.05) is 0 Å². The quantitative estimate of drug-likeness (QED) is 0.666. The van der Waals surface area contributed by atoms with Crippen molar-refractivity contribution in [2.45, 2.75) is 25.0 Å². The summed E-state index contributed by atoms with van der Waals surface area (Å²) >= 11 is 0. The number of hydrogen-bond acceptors (Lipinski definition) is 3. The van der Waals surface area contributed by atoms with Gasteiger partial charge in [-0.1, -0.05) is 13.3 Å². The molecule has 0 bridgehead atoms. The highest BCUT2D eigenvalue weighted by molar-refractivity contribution is 7.90. The van der Waals surface area contributed by atoms with Crippen molar-refractivity contribution in [3.8, 4) is 6.07 Å². The number of hydrogen-bond donors (Lipinski definition) is 1. The minimum Gasteiger partial charge on any atom is -0.217 e. The first-order valence-electron chi connectivity index (χ1n) is 3.40. The van der Waals surface area contributed by atoms with Crippen LogP contribution in [-0.2, 0) is 10.0 Å². The molecule has 0 rings (SSSR count). The molecule has 0 fully saturated rings. The van der Waals surface area contributed by atoms with E-state index in [0.29, 0.717) is 12.8 Å². The summed E-state index contributed by atoms with van der Waals surface area (Å²) in [7, 11) is -2.07. The molecule has 11 heavy (non-hydrogen) atoms. The van der Waals surface area contributed by atoms with Gasteiger partial charge >= 0.3 is 0 Å². The average molecular weight is 176 g/mol. The van der Waals surface area contributed by atoms with Gasteiger partial charge in [-0.2, -0.15) is 5.26 Å². The van der Waals surface area contributed by atoms with Crippen molar-refractivity contribution < 1.29 is 8.42 Å². The van der Waals surface area contributed by atoms with E-state index >= 15 is 0 Å². The summed E-state index contributed by atoms with van der Waals surface area (Å²) < 4.78 is 24.1. The van der Waals surface area contributed by atoms with Crippen LogP contribution in [0, 0.1) is 11.3 Å². The van der Waals surface area contributed by atoms with E-state index in [1.807, 2.05) is 6.92 Å². The Balaban J connectivity index is 4.41. The molecule has 0 saturated heterocycles. The molecule has 0 saturated carbocycles. The SMILES string of the molecule is CCCC(C#N)S(=O)(=O)NC. The fraction of sp³-hybridized carbons (Fsp3) is 0.833. The van der Waals surface area contributed by atoms with Crippen molar-refractivity contribution in [1.29, 1.82) is 5.26 Å². The van der Waals surface area contributed by atoms with Gasteiger partial charge in [0.05, 0.1) is 6.07 Å². The van der Waals surface area contributed by atoms with Crippen molar-refractivity contribution in [1.82, 2.24) is 4.72 Å². The van der Waals surface area contributed by atoms with Crippen LogP contribution >= 0.6 is 0 Å². The Morgan fingerprint density at radius 3 is 2.45 bits per heavy atom. The second-order valence-corrected chi connectivity index (χ2v) is 4.22. The Morgan fingerprint density at radius 2 is 2.18 bits per heavy atom. The first kappa shape index (κ1) is 10.4. The molecule has 64 valence electrons. The first-order valence-corrected chi connectivity index (χ1v) is 4.95. The predicted octanol–water partition coefficient (Wildman–Crippen LogP) is 0.228. The van der Waals surface area contributed by atoms with Crippen LogP contribution < -0.4 is 4.72 Å². The normalized spacial score (nSPS) is 13.9. The Bertz CT molecular complexity index is 240. The number of nitrogens with zero attached hydrogens (tertiary/aromatic N) is 1. The van der Waals surface area contributed by atoms with E-state index in [4.69, 9.17) is 5.26 Å². The molecule has 0 radical (unpaired) electrons. The maximum atomic E-state index is 11.0. The fourth-order valence-corrected chi connectivity index (χ4v) is 1.66. The third kappa shape index (κ3) is 2.87. The van der Waals surface area contributed by atoms with Crippen molar-refractivity contribution >= 4 is 10.0 Å². The largest absolute Gasteiger partial charge is 0.227 e. The van der Waals surface area contributed by atoms with E-state index in [-0.39, 0.29) is 0 Å². The van der Waals surface area contributed by atoms with Gasteiger partial charge in [0.15, 0.2) is 5.25 Å². The average Bonchev–Trinajstić information content (AvgIpc) is 2.00. The molecule has 0 aromatic heterocycles. The predicted molar refractivity (Wildman–Crippen MR) is 42.3 cm³/mol. The van der Waals surface area contributed by atoms with E-state index in [0.717, 1.165) is 0 Å². The van der Waals surface area contributed by atoms with Crippen LogP contribution in [0.25, 0.3) is 0 Å². The maximum Gasteiger partial charge on any atom is 0.227 e. The summed E-state index contributed by atoms with van der Waals surface area (Å²) in [6.07, 6.45) is 1.08. The highest BCUT2D eigenvalue weighted by atomic mass is 32.2. The molecule has 0 amide bonds. The minimum absolute atomic E-state index is 0.389. The Hall–Kier alpha value is -0.600. The summed E-state index contributed by atoms with van der Waals surface area (Å²) in [5, 5.41) is 7.55. The van der Waals surface area contributed by atoms with Crippen LogP contribution in [0.15, 0.2) is 0 Å². The van der Waals surface area contributed by atoms with E-state index < -0.39 is 15.3 Å². The zero-order chi connectivity index (χ0) is 8.91. The second kappa shape index (κ2) is 4.31. The highest BCUT2D eigenvalue weighted by Crippen LogP contribution is 2.04. The van der Waals surface area contributed by atoms with Crippen LogP contribution in [0.3, 0.4) is 0 Å². The van der Waals surface area contributed by atoms with Crippen LogP contribution in [0.4, 0.5) is 0 Å². The molecule has 0 aromatic rings. The van der Waals surface area contributed by atoms with Crippen LogP contribution in [0.5, 0.6) is 0 Å². The maximum absolute atomic E-state index is 11.0. The Kier molecular flexibility index (Phi) is 4.08. The van der Waals surface area contributed by atoms with Gasteiger partial charge in [0.1, 0.15) is 0 Å². The summed E-state index contributed by atoms with van der Waals surface area (Å²) in [4.78, 5) is 0. The molecular formula is C6H12N2O2S. The number of nitriles is 1. The number of sulfonamides is 1. The molecule has 0 aliphatic rings. The molecule has 0 aliphatic heterocycles.